The molecule has 0 saturated carbocycles. The summed E-state index contributed by atoms with van der Waals surface area (Å²) in [6, 6.07) is 15.4. The number of amides is 2. The number of fused-ring (bicyclic) bond motifs is 1. The highest BCUT2D eigenvalue weighted by Crippen LogP contribution is 2.37. The molecule has 2 aliphatic heterocycles. The Morgan fingerprint density at radius 1 is 1.14 bits per heavy atom. The van der Waals surface area contributed by atoms with E-state index in [1.54, 1.807) is 17.0 Å². The molecule has 1 unspecified atom stereocenters. The third kappa shape index (κ3) is 3.54. The fourth-order valence-corrected chi connectivity index (χ4v) is 3.71. The van der Waals surface area contributed by atoms with Gasteiger partial charge in [0.05, 0.1) is 5.92 Å². The summed E-state index contributed by atoms with van der Waals surface area (Å²) < 4.78 is 10.7. The second-order valence-electron chi connectivity index (χ2n) is 7.49. The maximum absolute atomic E-state index is 13.2. The number of carbonyl (C=O) groups excluding carboxylic acids is 2. The molecule has 2 aromatic rings. The Morgan fingerprint density at radius 2 is 1.89 bits per heavy atom. The summed E-state index contributed by atoms with van der Waals surface area (Å²) in [5.74, 6) is 0.949. The molecule has 0 radical (unpaired) electrons. The normalized spacial score (nSPS) is 18.0. The maximum Gasteiger partial charge on any atom is 0.231 e. The van der Waals surface area contributed by atoms with Crippen LogP contribution in [0.2, 0.25) is 0 Å². The first kappa shape index (κ1) is 18.3. The van der Waals surface area contributed by atoms with Crippen molar-refractivity contribution in [1.82, 2.24) is 4.90 Å². The van der Waals surface area contributed by atoms with Crippen molar-refractivity contribution in [2.75, 3.05) is 18.2 Å². The molecule has 4 rings (SSSR count). The summed E-state index contributed by atoms with van der Waals surface area (Å²) in [7, 11) is 0. The average molecular weight is 380 g/mol. The first-order chi connectivity index (χ1) is 13.5. The Labute approximate surface area is 164 Å². The zero-order chi connectivity index (χ0) is 19.7. The Kier molecular flexibility index (Phi) is 4.94. The highest BCUT2D eigenvalue weighted by Gasteiger charge is 2.38. The van der Waals surface area contributed by atoms with Crippen molar-refractivity contribution < 1.29 is 19.1 Å². The number of benzene rings is 2. The summed E-state index contributed by atoms with van der Waals surface area (Å²) in [6.45, 7) is 5.14. The standard InChI is InChI=1S/C22H24N2O4/c1-15(2)23(12-16-6-4-3-5-7-16)22(26)17-10-21(25)24(13-17)18-8-9-19-20(11-18)28-14-27-19/h3-9,11,15,17H,10,12-14H2,1-2H3. The highest BCUT2D eigenvalue weighted by atomic mass is 16.7. The van der Waals surface area contributed by atoms with Crippen LogP contribution < -0.4 is 14.4 Å². The summed E-state index contributed by atoms with van der Waals surface area (Å²) in [4.78, 5) is 29.4. The van der Waals surface area contributed by atoms with Gasteiger partial charge in [0.1, 0.15) is 0 Å². The molecule has 0 bridgehead atoms. The van der Waals surface area contributed by atoms with Gasteiger partial charge in [-0.25, -0.2) is 0 Å². The lowest BCUT2D eigenvalue weighted by atomic mass is 10.1. The molecule has 28 heavy (non-hydrogen) atoms. The zero-order valence-electron chi connectivity index (χ0n) is 16.1. The molecule has 0 aromatic heterocycles. The third-order valence-corrected chi connectivity index (χ3v) is 5.24. The third-order valence-electron chi connectivity index (χ3n) is 5.24. The molecule has 0 aliphatic carbocycles. The first-order valence-electron chi connectivity index (χ1n) is 9.57. The molecule has 146 valence electrons. The summed E-state index contributed by atoms with van der Waals surface area (Å²) in [5.41, 5.74) is 1.82. The van der Waals surface area contributed by atoms with Gasteiger partial charge in [-0.2, -0.15) is 0 Å². The van der Waals surface area contributed by atoms with Gasteiger partial charge < -0.3 is 19.3 Å². The number of carbonyl (C=O) groups is 2. The number of hydrogen-bond donors (Lipinski definition) is 0. The van der Waals surface area contributed by atoms with E-state index in [9.17, 15) is 9.59 Å². The van der Waals surface area contributed by atoms with Crippen LogP contribution in [0.4, 0.5) is 5.69 Å². The number of anilines is 1. The molecule has 6 nitrogen and oxygen atoms in total. The van der Waals surface area contributed by atoms with Crippen LogP contribution in [0.15, 0.2) is 48.5 Å². The fraction of sp³-hybridized carbons (Fsp3) is 0.364. The van der Waals surface area contributed by atoms with Gasteiger partial charge in [0, 0.05) is 37.3 Å². The molecule has 2 amide bonds. The van der Waals surface area contributed by atoms with E-state index in [1.165, 1.54) is 0 Å². The van der Waals surface area contributed by atoms with E-state index in [-0.39, 0.29) is 37.0 Å². The number of hydrogen-bond acceptors (Lipinski definition) is 4. The molecule has 2 aliphatic rings. The average Bonchev–Trinajstić information content (AvgIpc) is 3.32. The summed E-state index contributed by atoms with van der Waals surface area (Å²) >= 11 is 0. The number of ether oxygens (including phenoxy) is 2. The Morgan fingerprint density at radius 3 is 2.64 bits per heavy atom. The Bertz CT molecular complexity index is 881. The van der Waals surface area contributed by atoms with Crippen LogP contribution in [0, 0.1) is 5.92 Å². The number of nitrogens with zero attached hydrogens (tertiary/aromatic N) is 2. The van der Waals surface area contributed by atoms with Crippen molar-refractivity contribution in [3.05, 3.63) is 54.1 Å². The van der Waals surface area contributed by atoms with Crippen LogP contribution >= 0.6 is 0 Å². The summed E-state index contributed by atoms with van der Waals surface area (Å²) in [5, 5.41) is 0. The van der Waals surface area contributed by atoms with Gasteiger partial charge in [0.15, 0.2) is 11.5 Å². The van der Waals surface area contributed by atoms with Crippen LogP contribution in [-0.4, -0.2) is 36.1 Å². The van der Waals surface area contributed by atoms with Crippen molar-refractivity contribution in [3.8, 4) is 11.5 Å². The van der Waals surface area contributed by atoms with Crippen molar-refractivity contribution >= 4 is 17.5 Å². The number of rotatable bonds is 5. The lowest BCUT2D eigenvalue weighted by Gasteiger charge is -2.29. The lowest BCUT2D eigenvalue weighted by Crippen LogP contribution is -2.41. The van der Waals surface area contributed by atoms with E-state index in [2.05, 4.69) is 0 Å². The smallest absolute Gasteiger partial charge is 0.231 e. The second kappa shape index (κ2) is 7.54. The summed E-state index contributed by atoms with van der Waals surface area (Å²) in [6.07, 6.45) is 0.227. The molecular formula is C22H24N2O4. The maximum atomic E-state index is 13.2. The van der Waals surface area contributed by atoms with E-state index < -0.39 is 0 Å². The molecule has 2 heterocycles. The Balaban J connectivity index is 1.49. The molecule has 1 atom stereocenters. The molecule has 2 aromatic carbocycles. The predicted octanol–water partition coefficient (Wildman–Crippen LogP) is 3.21. The van der Waals surface area contributed by atoms with Crippen LogP contribution in [0.5, 0.6) is 11.5 Å². The molecule has 6 heteroatoms. The van der Waals surface area contributed by atoms with Crippen molar-refractivity contribution in [2.24, 2.45) is 5.92 Å². The van der Waals surface area contributed by atoms with Crippen molar-refractivity contribution in [3.63, 3.8) is 0 Å². The van der Waals surface area contributed by atoms with E-state index >= 15 is 0 Å². The molecule has 1 saturated heterocycles. The van der Waals surface area contributed by atoms with E-state index in [0.717, 1.165) is 11.3 Å². The molecular weight excluding hydrogens is 356 g/mol. The van der Waals surface area contributed by atoms with Gasteiger partial charge in [-0.05, 0) is 31.5 Å². The van der Waals surface area contributed by atoms with E-state index in [1.807, 2.05) is 55.1 Å². The first-order valence-corrected chi connectivity index (χ1v) is 9.57. The van der Waals surface area contributed by atoms with Gasteiger partial charge in [0.2, 0.25) is 18.6 Å². The van der Waals surface area contributed by atoms with Gasteiger partial charge in [-0.1, -0.05) is 30.3 Å². The van der Waals surface area contributed by atoms with Gasteiger partial charge in [0.25, 0.3) is 0 Å². The molecule has 0 spiro atoms. The van der Waals surface area contributed by atoms with Gasteiger partial charge in [-0.3, -0.25) is 9.59 Å². The SMILES string of the molecule is CC(C)N(Cc1ccccc1)C(=O)C1CC(=O)N(c2ccc3c(c2)OCO3)C1. The van der Waals surface area contributed by atoms with Crippen LogP contribution in [-0.2, 0) is 16.1 Å². The topological polar surface area (TPSA) is 59.1 Å². The quantitative estimate of drug-likeness (QED) is 0.799. The molecule has 1 fully saturated rings. The predicted molar refractivity (Wildman–Crippen MR) is 105 cm³/mol. The van der Waals surface area contributed by atoms with Crippen LogP contribution in [0.1, 0.15) is 25.8 Å². The van der Waals surface area contributed by atoms with E-state index in [4.69, 9.17) is 9.47 Å². The van der Waals surface area contributed by atoms with Crippen molar-refractivity contribution in [1.29, 1.82) is 0 Å². The zero-order valence-corrected chi connectivity index (χ0v) is 16.1. The van der Waals surface area contributed by atoms with Crippen molar-refractivity contribution in [2.45, 2.75) is 32.9 Å². The minimum Gasteiger partial charge on any atom is -0.454 e. The fourth-order valence-electron chi connectivity index (χ4n) is 3.71. The molecule has 0 N–H and O–H groups in total. The minimum absolute atomic E-state index is 0.0236. The van der Waals surface area contributed by atoms with E-state index in [0.29, 0.717) is 24.6 Å². The Hall–Kier alpha value is -3.02. The largest absolute Gasteiger partial charge is 0.454 e. The second-order valence-corrected chi connectivity index (χ2v) is 7.49. The highest BCUT2D eigenvalue weighted by molar-refractivity contribution is 6.00. The van der Waals surface area contributed by atoms with Gasteiger partial charge >= 0.3 is 0 Å². The lowest BCUT2D eigenvalue weighted by molar-refractivity contribution is -0.138. The minimum atomic E-state index is -0.343. The van der Waals surface area contributed by atoms with Crippen LogP contribution in [0.25, 0.3) is 0 Å². The van der Waals surface area contributed by atoms with Crippen LogP contribution in [0.3, 0.4) is 0 Å². The van der Waals surface area contributed by atoms with Gasteiger partial charge in [-0.15, -0.1) is 0 Å². The monoisotopic (exact) mass is 380 g/mol.